The molecule has 1 saturated heterocycles. The van der Waals surface area contributed by atoms with Crippen LogP contribution in [0.2, 0.25) is 0 Å². The Bertz CT molecular complexity index is 490. The highest BCUT2D eigenvalue weighted by Crippen LogP contribution is 2.16. The second-order valence-corrected chi connectivity index (χ2v) is 4.72. The fourth-order valence-corrected chi connectivity index (χ4v) is 2.18. The summed E-state index contributed by atoms with van der Waals surface area (Å²) in [6, 6.07) is 3.13. The molecule has 1 aliphatic heterocycles. The van der Waals surface area contributed by atoms with Crippen molar-refractivity contribution in [3.05, 3.63) is 24.2 Å². The summed E-state index contributed by atoms with van der Waals surface area (Å²) in [6.07, 6.45) is 2.55. The maximum Gasteiger partial charge on any atom is 0.287 e. The predicted molar refractivity (Wildman–Crippen MR) is 69.5 cm³/mol. The molecule has 0 aromatic carbocycles. The van der Waals surface area contributed by atoms with Crippen molar-refractivity contribution in [2.45, 2.75) is 12.8 Å². The highest BCUT2D eigenvalue weighted by molar-refractivity contribution is 5.94. The van der Waals surface area contributed by atoms with Crippen molar-refractivity contribution < 1.29 is 18.8 Å². The molecule has 20 heavy (non-hydrogen) atoms. The molecule has 3 amide bonds. The first-order valence-corrected chi connectivity index (χ1v) is 6.46. The molecule has 0 bridgehead atoms. The van der Waals surface area contributed by atoms with E-state index in [4.69, 9.17) is 10.2 Å². The van der Waals surface area contributed by atoms with Gasteiger partial charge in [-0.3, -0.25) is 14.4 Å². The van der Waals surface area contributed by atoms with E-state index in [1.165, 1.54) is 12.3 Å². The number of piperidine rings is 1. The van der Waals surface area contributed by atoms with Crippen molar-refractivity contribution in [2.75, 3.05) is 19.6 Å². The zero-order valence-corrected chi connectivity index (χ0v) is 11.0. The summed E-state index contributed by atoms with van der Waals surface area (Å²) in [6.45, 7) is 0.896. The van der Waals surface area contributed by atoms with Crippen molar-refractivity contribution in [2.24, 2.45) is 11.7 Å². The molecule has 7 nitrogen and oxygen atoms in total. The molecule has 1 aliphatic rings. The Morgan fingerprint density at radius 3 is 2.60 bits per heavy atom. The lowest BCUT2D eigenvalue weighted by molar-refractivity contribution is -0.133. The van der Waals surface area contributed by atoms with Crippen LogP contribution < -0.4 is 11.1 Å². The average molecular weight is 279 g/mol. The van der Waals surface area contributed by atoms with E-state index in [0.29, 0.717) is 25.9 Å². The lowest BCUT2D eigenvalue weighted by atomic mass is 9.96. The number of hydrogen-bond donors (Lipinski definition) is 2. The molecule has 2 rings (SSSR count). The van der Waals surface area contributed by atoms with Gasteiger partial charge in [0, 0.05) is 19.0 Å². The van der Waals surface area contributed by atoms with Crippen LogP contribution in [0.15, 0.2) is 22.8 Å². The van der Waals surface area contributed by atoms with Crippen LogP contribution in [-0.4, -0.2) is 42.3 Å². The third-order valence-electron chi connectivity index (χ3n) is 3.40. The summed E-state index contributed by atoms with van der Waals surface area (Å²) in [7, 11) is 0. The standard InChI is InChI=1S/C13H17N3O4/c14-12(18)9-3-5-16(6-4-9)11(17)8-15-13(19)10-2-1-7-20-10/h1-2,7,9H,3-6,8H2,(H2,14,18)(H,15,19). The number of carbonyl (C=O) groups excluding carboxylic acids is 3. The molecular formula is C13H17N3O4. The highest BCUT2D eigenvalue weighted by atomic mass is 16.3. The fourth-order valence-electron chi connectivity index (χ4n) is 2.18. The number of furan rings is 1. The first-order valence-electron chi connectivity index (χ1n) is 6.46. The number of amides is 3. The van der Waals surface area contributed by atoms with E-state index in [2.05, 4.69) is 5.32 Å². The molecule has 0 atom stereocenters. The first kappa shape index (κ1) is 14.1. The Balaban J connectivity index is 1.76. The van der Waals surface area contributed by atoms with E-state index in [1.807, 2.05) is 0 Å². The minimum absolute atomic E-state index is 0.0826. The molecule has 0 saturated carbocycles. The van der Waals surface area contributed by atoms with Gasteiger partial charge in [0.2, 0.25) is 11.8 Å². The van der Waals surface area contributed by atoms with Gasteiger partial charge in [-0.15, -0.1) is 0 Å². The molecule has 3 N–H and O–H groups in total. The Morgan fingerprint density at radius 2 is 2.05 bits per heavy atom. The summed E-state index contributed by atoms with van der Waals surface area (Å²) in [4.78, 5) is 36.2. The summed E-state index contributed by atoms with van der Waals surface area (Å²) >= 11 is 0. The van der Waals surface area contributed by atoms with Gasteiger partial charge in [-0.25, -0.2) is 0 Å². The number of primary amides is 1. The SMILES string of the molecule is NC(=O)C1CCN(C(=O)CNC(=O)c2ccco2)CC1. The van der Waals surface area contributed by atoms with Crippen LogP contribution in [0.4, 0.5) is 0 Å². The van der Waals surface area contributed by atoms with E-state index in [9.17, 15) is 14.4 Å². The summed E-state index contributed by atoms with van der Waals surface area (Å²) < 4.78 is 4.93. The molecule has 1 fully saturated rings. The van der Waals surface area contributed by atoms with Crippen LogP contribution in [-0.2, 0) is 9.59 Å². The molecule has 108 valence electrons. The van der Waals surface area contributed by atoms with E-state index in [0.717, 1.165) is 0 Å². The molecule has 7 heteroatoms. The quantitative estimate of drug-likeness (QED) is 0.791. The van der Waals surface area contributed by atoms with Gasteiger partial charge in [-0.05, 0) is 25.0 Å². The van der Waals surface area contributed by atoms with Crippen LogP contribution in [0.5, 0.6) is 0 Å². The maximum absolute atomic E-state index is 11.9. The number of likely N-dealkylation sites (tertiary alicyclic amines) is 1. The molecule has 0 unspecified atom stereocenters. The van der Waals surface area contributed by atoms with Crippen molar-refractivity contribution in [3.8, 4) is 0 Å². The van der Waals surface area contributed by atoms with Crippen LogP contribution >= 0.6 is 0 Å². The monoisotopic (exact) mass is 279 g/mol. The summed E-state index contributed by atoms with van der Waals surface area (Å²) in [5.74, 6) is -0.895. The van der Waals surface area contributed by atoms with E-state index < -0.39 is 5.91 Å². The van der Waals surface area contributed by atoms with E-state index in [1.54, 1.807) is 11.0 Å². The number of hydrogen-bond acceptors (Lipinski definition) is 4. The maximum atomic E-state index is 11.9. The number of nitrogens with two attached hydrogens (primary N) is 1. The Morgan fingerprint density at radius 1 is 1.35 bits per heavy atom. The summed E-state index contributed by atoms with van der Waals surface area (Å²) in [5, 5.41) is 2.50. The van der Waals surface area contributed by atoms with Crippen LogP contribution in [0.3, 0.4) is 0 Å². The summed E-state index contributed by atoms with van der Waals surface area (Å²) in [5.41, 5.74) is 5.23. The van der Waals surface area contributed by atoms with Crippen molar-refractivity contribution in [3.63, 3.8) is 0 Å². The molecule has 2 heterocycles. The zero-order chi connectivity index (χ0) is 14.5. The zero-order valence-electron chi connectivity index (χ0n) is 11.0. The Labute approximate surface area is 116 Å². The van der Waals surface area contributed by atoms with Crippen molar-refractivity contribution in [1.29, 1.82) is 0 Å². The Kier molecular flexibility index (Phi) is 4.39. The first-order chi connectivity index (χ1) is 9.58. The second-order valence-electron chi connectivity index (χ2n) is 4.72. The van der Waals surface area contributed by atoms with Crippen LogP contribution in [0, 0.1) is 5.92 Å². The lowest BCUT2D eigenvalue weighted by Crippen LogP contribution is -2.45. The molecule has 0 spiro atoms. The Hall–Kier alpha value is -2.31. The predicted octanol–water partition coefficient (Wildman–Crippen LogP) is -0.267. The topological polar surface area (TPSA) is 106 Å². The van der Waals surface area contributed by atoms with Crippen molar-refractivity contribution >= 4 is 17.7 Å². The van der Waals surface area contributed by atoms with Gasteiger partial charge in [0.05, 0.1) is 12.8 Å². The smallest absolute Gasteiger partial charge is 0.287 e. The van der Waals surface area contributed by atoms with Gasteiger partial charge in [-0.2, -0.15) is 0 Å². The average Bonchev–Trinajstić information content (AvgIpc) is 2.98. The normalized spacial score (nSPS) is 15.9. The highest BCUT2D eigenvalue weighted by Gasteiger charge is 2.25. The van der Waals surface area contributed by atoms with Gasteiger partial charge in [0.1, 0.15) is 0 Å². The van der Waals surface area contributed by atoms with Crippen LogP contribution in [0.1, 0.15) is 23.4 Å². The number of nitrogens with zero attached hydrogens (tertiary/aromatic N) is 1. The number of nitrogens with one attached hydrogen (secondary N) is 1. The third-order valence-corrected chi connectivity index (χ3v) is 3.40. The third kappa shape index (κ3) is 3.37. The van der Waals surface area contributed by atoms with E-state index in [-0.39, 0.29) is 30.0 Å². The molecule has 1 aromatic rings. The van der Waals surface area contributed by atoms with Gasteiger partial charge in [0.15, 0.2) is 5.76 Å². The lowest BCUT2D eigenvalue weighted by Gasteiger charge is -2.30. The minimum atomic E-state index is -0.421. The van der Waals surface area contributed by atoms with E-state index >= 15 is 0 Å². The van der Waals surface area contributed by atoms with Gasteiger partial charge in [0.25, 0.3) is 5.91 Å². The van der Waals surface area contributed by atoms with Gasteiger partial charge < -0.3 is 20.4 Å². The minimum Gasteiger partial charge on any atom is -0.459 e. The number of rotatable bonds is 4. The largest absolute Gasteiger partial charge is 0.459 e. The van der Waals surface area contributed by atoms with Crippen LogP contribution in [0.25, 0.3) is 0 Å². The van der Waals surface area contributed by atoms with Gasteiger partial charge in [-0.1, -0.05) is 0 Å². The van der Waals surface area contributed by atoms with Gasteiger partial charge >= 0.3 is 0 Å². The molecule has 1 aromatic heterocycles. The second kappa shape index (κ2) is 6.23. The van der Waals surface area contributed by atoms with Crippen molar-refractivity contribution in [1.82, 2.24) is 10.2 Å². The molecular weight excluding hydrogens is 262 g/mol. The number of carbonyl (C=O) groups is 3. The molecule has 0 radical (unpaired) electrons. The fraction of sp³-hybridized carbons (Fsp3) is 0.462. The molecule has 0 aliphatic carbocycles.